The van der Waals surface area contributed by atoms with Crippen LogP contribution in [0.3, 0.4) is 0 Å². The highest BCUT2D eigenvalue weighted by Gasteiger charge is 2.24. The van der Waals surface area contributed by atoms with Crippen LogP contribution in [0.5, 0.6) is 0 Å². The fourth-order valence-corrected chi connectivity index (χ4v) is 5.28. The van der Waals surface area contributed by atoms with Crippen LogP contribution in [0.15, 0.2) is 72.9 Å². The lowest BCUT2D eigenvalue weighted by atomic mass is 10.1. The molecule has 0 heterocycles. The predicted molar refractivity (Wildman–Crippen MR) is 179 cm³/mol. The van der Waals surface area contributed by atoms with Crippen LogP contribution in [0.2, 0.25) is 0 Å². The molecule has 0 aromatic rings. The van der Waals surface area contributed by atoms with Crippen molar-refractivity contribution in [2.24, 2.45) is 5.73 Å². The minimum absolute atomic E-state index is 0.00854. The molecule has 0 saturated carbocycles. The van der Waals surface area contributed by atoms with Crippen molar-refractivity contribution in [3.63, 3.8) is 0 Å². The molecule has 0 aliphatic heterocycles. The Morgan fingerprint density at radius 1 is 0.900 bits per heavy atom. The Bertz CT molecular complexity index is 834. The van der Waals surface area contributed by atoms with Crippen LogP contribution in [-0.2, 0) is 14.1 Å². The third-order valence-electron chi connectivity index (χ3n) is 5.92. The van der Waals surface area contributed by atoms with Gasteiger partial charge in [0.25, 0.3) is 0 Å². The number of nitrogens with one attached hydrogen (secondary N) is 1. The Labute approximate surface area is 251 Å². The third kappa shape index (κ3) is 22.0. The van der Waals surface area contributed by atoms with Gasteiger partial charge in [-0.05, 0) is 51.9 Å². The largest absolute Gasteiger partial charge is 0.361 e. The van der Waals surface area contributed by atoms with E-state index in [4.69, 9.17) is 10.3 Å². The van der Waals surface area contributed by atoms with E-state index in [2.05, 4.69) is 83.3 Å². The van der Waals surface area contributed by atoms with Gasteiger partial charge in [0, 0.05) is 39.4 Å². The lowest BCUT2D eigenvalue weighted by Gasteiger charge is -2.25. The van der Waals surface area contributed by atoms with Crippen LogP contribution in [0, 0.1) is 0 Å². The SMILES string of the molecule is CC/C=C\CC(OP)C(/C=C/C=C/C=C\C/C=C\C/C=C\CCC)SCC(NC(=O)CCC(C)N)C(=O)CCC. The first kappa shape index (κ1) is 38.3. The van der Waals surface area contributed by atoms with Gasteiger partial charge in [0.1, 0.15) is 0 Å². The molecule has 3 N–H and O–H groups in total. The standard InChI is InChI=1S/C33H55N2O3PS/c1-5-8-10-11-12-13-14-15-16-17-18-19-21-24-32(31(38-39)23-20-9-6-2)40-27-29(30(36)22-7-3)35-33(37)26-25-28(4)34/h9-11,13-14,16-21,24,28-29,31-32H,5-8,12,15,22-23,25-27,34,39H2,1-4H3,(H,35,37)/b11-10-,14-13-,17-16-,19-18+,20-9-,24-21+. The van der Waals surface area contributed by atoms with Crippen molar-refractivity contribution in [3.05, 3.63) is 72.9 Å². The molecule has 0 fully saturated rings. The summed E-state index contributed by atoms with van der Waals surface area (Å²) < 4.78 is 5.77. The topological polar surface area (TPSA) is 81.4 Å². The number of hydrogen-bond acceptors (Lipinski definition) is 5. The summed E-state index contributed by atoms with van der Waals surface area (Å²) in [6, 6.07) is -0.570. The zero-order chi connectivity index (χ0) is 29.8. The van der Waals surface area contributed by atoms with E-state index >= 15 is 0 Å². The maximum Gasteiger partial charge on any atom is 0.220 e. The van der Waals surface area contributed by atoms with Crippen molar-refractivity contribution in [2.75, 3.05) is 5.75 Å². The summed E-state index contributed by atoms with van der Waals surface area (Å²) in [5.74, 6) is 0.433. The highest BCUT2D eigenvalue weighted by atomic mass is 32.2. The highest BCUT2D eigenvalue weighted by Crippen LogP contribution is 2.25. The fraction of sp³-hybridized carbons (Fsp3) is 0.576. The molecule has 0 saturated heterocycles. The molecule has 0 aromatic carbocycles. The summed E-state index contributed by atoms with van der Waals surface area (Å²) in [6.07, 6.45) is 33.4. The smallest absolute Gasteiger partial charge is 0.220 e. The molecule has 0 aromatic heterocycles. The van der Waals surface area contributed by atoms with Gasteiger partial charge >= 0.3 is 0 Å². The lowest BCUT2D eigenvalue weighted by molar-refractivity contribution is -0.127. The average molecular weight is 591 g/mol. The Morgan fingerprint density at radius 3 is 2.25 bits per heavy atom. The molecule has 226 valence electrons. The number of thioether (sulfide) groups is 1. The molecule has 5 atom stereocenters. The van der Waals surface area contributed by atoms with E-state index in [1.54, 1.807) is 11.8 Å². The fourth-order valence-electron chi connectivity index (χ4n) is 3.61. The summed E-state index contributed by atoms with van der Waals surface area (Å²) >= 11 is 1.64. The van der Waals surface area contributed by atoms with E-state index in [0.29, 0.717) is 25.0 Å². The van der Waals surface area contributed by atoms with Gasteiger partial charge in [0.2, 0.25) is 5.91 Å². The van der Waals surface area contributed by atoms with Crippen LogP contribution < -0.4 is 11.1 Å². The van der Waals surface area contributed by atoms with Crippen molar-refractivity contribution in [1.82, 2.24) is 5.32 Å². The molecular formula is C33H55N2O3PS. The molecule has 7 heteroatoms. The molecule has 40 heavy (non-hydrogen) atoms. The van der Waals surface area contributed by atoms with Crippen molar-refractivity contribution in [3.8, 4) is 0 Å². The normalized spacial score (nSPS) is 15.8. The van der Waals surface area contributed by atoms with Gasteiger partial charge in [0.15, 0.2) is 5.78 Å². The van der Waals surface area contributed by atoms with Crippen LogP contribution >= 0.6 is 21.2 Å². The number of allylic oxidation sites excluding steroid dienone is 10. The molecule has 0 aliphatic carbocycles. The molecule has 1 amide bonds. The van der Waals surface area contributed by atoms with Crippen molar-refractivity contribution < 1.29 is 14.1 Å². The minimum atomic E-state index is -0.522. The van der Waals surface area contributed by atoms with Gasteiger partial charge in [-0.2, -0.15) is 0 Å². The summed E-state index contributed by atoms with van der Waals surface area (Å²) in [5, 5.41) is 2.97. The van der Waals surface area contributed by atoms with Crippen molar-refractivity contribution >= 4 is 32.9 Å². The monoisotopic (exact) mass is 590 g/mol. The second-order valence-corrected chi connectivity index (χ2v) is 11.3. The number of nitrogens with two attached hydrogens (primary N) is 1. The van der Waals surface area contributed by atoms with E-state index in [-0.39, 0.29) is 29.1 Å². The van der Waals surface area contributed by atoms with Gasteiger partial charge < -0.3 is 15.6 Å². The maximum absolute atomic E-state index is 12.8. The van der Waals surface area contributed by atoms with Gasteiger partial charge in [-0.3, -0.25) is 9.59 Å². The number of carbonyl (C=O) groups excluding carboxylic acids is 2. The summed E-state index contributed by atoms with van der Waals surface area (Å²) in [5.41, 5.74) is 5.80. The number of ketones is 1. The molecule has 0 spiro atoms. The van der Waals surface area contributed by atoms with Crippen LogP contribution in [0.25, 0.3) is 0 Å². The Hall–Kier alpha value is -1.72. The average Bonchev–Trinajstić information content (AvgIpc) is 2.93. The lowest BCUT2D eigenvalue weighted by Crippen LogP contribution is -2.43. The van der Waals surface area contributed by atoms with E-state index < -0.39 is 6.04 Å². The van der Waals surface area contributed by atoms with Gasteiger partial charge in [-0.1, -0.05) is 100 Å². The minimum Gasteiger partial charge on any atom is -0.361 e. The molecule has 0 rings (SSSR count). The summed E-state index contributed by atoms with van der Waals surface area (Å²) in [7, 11) is 2.39. The number of carbonyl (C=O) groups is 2. The first-order valence-corrected chi connectivity index (χ1v) is 16.4. The van der Waals surface area contributed by atoms with Crippen molar-refractivity contribution in [1.29, 1.82) is 0 Å². The first-order valence-electron chi connectivity index (χ1n) is 14.9. The second-order valence-electron chi connectivity index (χ2n) is 9.84. The van der Waals surface area contributed by atoms with Gasteiger partial charge in [-0.25, -0.2) is 0 Å². The number of amides is 1. The predicted octanol–water partition coefficient (Wildman–Crippen LogP) is 7.96. The Balaban J connectivity index is 5.25. The zero-order valence-electron chi connectivity index (χ0n) is 25.3. The number of Topliss-reactive ketones (excluding diaryl/α,β-unsaturated/α-hetero) is 1. The number of rotatable bonds is 24. The van der Waals surface area contributed by atoms with Crippen LogP contribution in [0.1, 0.15) is 91.9 Å². The van der Waals surface area contributed by atoms with E-state index in [9.17, 15) is 9.59 Å². The summed E-state index contributed by atoms with van der Waals surface area (Å²) in [4.78, 5) is 25.3. The molecule has 0 aliphatic rings. The van der Waals surface area contributed by atoms with E-state index in [1.807, 2.05) is 32.1 Å². The Morgan fingerprint density at radius 2 is 1.60 bits per heavy atom. The number of unbranched alkanes of at least 4 members (excludes halogenated alkanes) is 1. The molecule has 5 nitrogen and oxygen atoms in total. The Kier molecular flexibility index (Phi) is 26.3. The highest BCUT2D eigenvalue weighted by molar-refractivity contribution is 8.00. The first-order chi connectivity index (χ1) is 19.4. The molecular weight excluding hydrogens is 535 g/mol. The number of hydrogen-bond donors (Lipinski definition) is 2. The summed E-state index contributed by atoms with van der Waals surface area (Å²) in [6.45, 7) is 8.15. The third-order valence-corrected chi connectivity index (χ3v) is 7.64. The van der Waals surface area contributed by atoms with Crippen molar-refractivity contribution in [2.45, 2.75) is 115 Å². The second kappa shape index (κ2) is 27.4. The molecule has 0 radical (unpaired) electrons. The molecule has 0 bridgehead atoms. The van der Waals surface area contributed by atoms with Crippen LogP contribution in [0.4, 0.5) is 0 Å². The van der Waals surface area contributed by atoms with Crippen LogP contribution in [-0.4, -0.2) is 40.9 Å². The van der Waals surface area contributed by atoms with E-state index in [1.165, 1.54) is 6.42 Å². The quantitative estimate of drug-likeness (QED) is 0.0677. The maximum atomic E-state index is 12.8. The van der Waals surface area contributed by atoms with Gasteiger partial charge in [0.05, 0.1) is 12.1 Å². The zero-order valence-corrected chi connectivity index (χ0v) is 27.3. The molecule has 5 unspecified atom stereocenters. The van der Waals surface area contributed by atoms with Gasteiger partial charge in [-0.15, -0.1) is 11.8 Å². The van der Waals surface area contributed by atoms with E-state index in [0.717, 1.165) is 38.5 Å².